The summed E-state index contributed by atoms with van der Waals surface area (Å²) >= 11 is 0. The van der Waals surface area contributed by atoms with E-state index in [9.17, 15) is 8.42 Å². The molecule has 2 rings (SSSR count). The van der Waals surface area contributed by atoms with Gasteiger partial charge in [-0.15, -0.1) is 0 Å². The Balaban J connectivity index is 2.02. The average Bonchev–Trinajstić information content (AvgIpc) is 2.82. The second kappa shape index (κ2) is 5.28. The minimum Gasteiger partial charge on any atom is -0.382 e. The molecule has 4 nitrogen and oxygen atoms in total. The number of hydrogen-bond donors (Lipinski definition) is 2. The first-order valence-corrected chi connectivity index (χ1v) is 7.91. The van der Waals surface area contributed by atoms with E-state index in [-0.39, 0.29) is 4.90 Å². The summed E-state index contributed by atoms with van der Waals surface area (Å²) in [6.45, 7) is 2.18. The van der Waals surface area contributed by atoms with Crippen molar-refractivity contribution >= 4 is 15.7 Å². The van der Waals surface area contributed by atoms with Crippen LogP contribution in [0.1, 0.15) is 32.6 Å². The monoisotopic (exact) mass is 268 g/mol. The molecular formula is C13H20N2O2S. The van der Waals surface area contributed by atoms with E-state index < -0.39 is 10.0 Å². The molecule has 1 aromatic rings. The number of sulfonamides is 1. The SMILES string of the molecule is CC(Nc1ccc(S(N)(=O)=O)cc1)C1CCCC1. The summed E-state index contributed by atoms with van der Waals surface area (Å²) in [5.41, 5.74) is 0.946. The van der Waals surface area contributed by atoms with E-state index in [0.29, 0.717) is 6.04 Å². The molecule has 1 fully saturated rings. The Labute approximate surface area is 109 Å². The van der Waals surface area contributed by atoms with Gasteiger partial charge >= 0.3 is 0 Å². The first kappa shape index (κ1) is 13.4. The van der Waals surface area contributed by atoms with Crippen LogP contribution in [-0.2, 0) is 10.0 Å². The lowest BCUT2D eigenvalue weighted by Gasteiger charge is -2.21. The Morgan fingerprint density at radius 3 is 2.28 bits per heavy atom. The van der Waals surface area contributed by atoms with Gasteiger partial charge in [-0.3, -0.25) is 0 Å². The molecule has 3 N–H and O–H groups in total. The van der Waals surface area contributed by atoms with E-state index in [1.165, 1.54) is 25.7 Å². The molecule has 0 radical (unpaired) electrons. The molecule has 1 atom stereocenters. The number of anilines is 1. The maximum absolute atomic E-state index is 11.1. The summed E-state index contributed by atoms with van der Waals surface area (Å²) in [7, 11) is -3.59. The summed E-state index contributed by atoms with van der Waals surface area (Å²) in [6, 6.07) is 7.04. The molecule has 1 aromatic carbocycles. The van der Waals surface area contributed by atoms with Crippen molar-refractivity contribution in [1.82, 2.24) is 0 Å². The lowest BCUT2D eigenvalue weighted by molar-refractivity contribution is 0.482. The van der Waals surface area contributed by atoms with Crippen molar-refractivity contribution in [3.8, 4) is 0 Å². The lowest BCUT2D eigenvalue weighted by atomic mass is 9.99. The summed E-state index contributed by atoms with van der Waals surface area (Å²) in [6.07, 6.45) is 5.20. The highest BCUT2D eigenvalue weighted by Crippen LogP contribution is 2.29. The molecule has 1 unspecified atom stereocenters. The van der Waals surface area contributed by atoms with Crippen LogP contribution in [0.2, 0.25) is 0 Å². The Morgan fingerprint density at radius 1 is 1.22 bits per heavy atom. The molecule has 1 saturated carbocycles. The predicted octanol–water partition coefficient (Wildman–Crippen LogP) is 2.32. The van der Waals surface area contributed by atoms with E-state index in [0.717, 1.165) is 11.6 Å². The third kappa shape index (κ3) is 3.23. The molecule has 0 saturated heterocycles. The predicted molar refractivity (Wildman–Crippen MR) is 72.9 cm³/mol. The number of hydrogen-bond acceptors (Lipinski definition) is 3. The van der Waals surface area contributed by atoms with Gasteiger partial charge < -0.3 is 5.32 Å². The van der Waals surface area contributed by atoms with E-state index in [1.807, 2.05) is 0 Å². The number of benzene rings is 1. The fourth-order valence-electron chi connectivity index (χ4n) is 2.58. The first-order chi connectivity index (χ1) is 8.47. The van der Waals surface area contributed by atoms with Crippen molar-refractivity contribution < 1.29 is 8.42 Å². The zero-order valence-corrected chi connectivity index (χ0v) is 11.4. The normalized spacial score (nSPS) is 18.8. The van der Waals surface area contributed by atoms with Gasteiger partial charge in [0, 0.05) is 11.7 Å². The highest BCUT2D eigenvalue weighted by Gasteiger charge is 2.21. The van der Waals surface area contributed by atoms with Gasteiger partial charge in [-0.25, -0.2) is 13.6 Å². The van der Waals surface area contributed by atoms with Crippen molar-refractivity contribution in [3.05, 3.63) is 24.3 Å². The largest absolute Gasteiger partial charge is 0.382 e. The quantitative estimate of drug-likeness (QED) is 0.880. The molecule has 0 amide bonds. The topological polar surface area (TPSA) is 72.2 Å². The summed E-state index contributed by atoms with van der Waals surface area (Å²) in [4.78, 5) is 0.154. The van der Waals surface area contributed by atoms with Gasteiger partial charge in [0.15, 0.2) is 0 Å². The van der Waals surface area contributed by atoms with E-state index in [2.05, 4.69) is 12.2 Å². The molecule has 0 aliphatic heterocycles. The second-order valence-corrected chi connectivity index (χ2v) is 6.61. The molecule has 0 bridgehead atoms. The Morgan fingerprint density at radius 2 is 1.78 bits per heavy atom. The maximum atomic E-state index is 11.1. The number of rotatable bonds is 4. The minimum absolute atomic E-state index is 0.154. The summed E-state index contributed by atoms with van der Waals surface area (Å²) < 4.78 is 22.3. The van der Waals surface area contributed by atoms with Gasteiger partial charge in [-0.05, 0) is 49.9 Å². The molecule has 1 aliphatic carbocycles. The van der Waals surface area contributed by atoms with E-state index in [1.54, 1.807) is 24.3 Å². The standard InChI is InChI=1S/C13H20N2O2S/c1-10(11-4-2-3-5-11)15-12-6-8-13(9-7-12)18(14,16)17/h6-11,15H,2-5H2,1H3,(H2,14,16,17). The maximum Gasteiger partial charge on any atom is 0.238 e. The van der Waals surface area contributed by atoms with Crippen LogP contribution in [0.4, 0.5) is 5.69 Å². The Hall–Kier alpha value is -1.07. The number of nitrogens with two attached hydrogens (primary N) is 1. The highest BCUT2D eigenvalue weighted by molar-refractivity contribution is 7.89. The molecule has 5 heteroatoms. The molecule has 0 heterocycles. The van der Waals surface area contributed by atoms with Gasteiger partial charge in [-0.2, -0.15) is 0 Å². The molecule has 0 spiro atoms. The average molecular weight is 268 g/mol. The molecule has 0 aromatic heterocycles. The Kier molecular flexibility index (Phi) is 3.92. The Bertz CT molecular complexity index is 490. The van der Waals surface area contributed by atoms with Crippen LogP contribution < -0.4 is 10.5 Å². The zero-order valence-electron chi connectivity index (χ0n) is 10.6. The van der Waals surface area contributed by atoms with Crippen LogP contribution >= 0.6 is 0 Å². The third-order valence-electron chi connectivity index (χ3n) is 3.68. The van der Waals surface area contributed by atoms with Crippen LogP contribution in [0.5, 0.6) is 0 Å². The van der Waals surface area contributed by atoms with Crippen LogP contribution in [0, 0.1) is 5.92 Å². The molecule has 1 aliphatic rings. The zero-order chi connectivity index (χ0) is 13.2. The third-order valence-corrected chi connectivity index (χ3v) is 4.61. The van der Waals surface area contributed by atoms with Gasteiger partial charge in [0.05, 0.1) is 4.90 Å². The van der Waals surface area contributed by atoms with Crippen LogP contribution in [0.3, 0.4) is 0 Å². The van der Waals surface area contributed by atoms with E-state index >= 15 is 0 Å². The summed E-state index contributed by atoms with van der Waals surface area (Å²) in [5.74, 6) is 0.725. The minimum atomic E-state index is -3.59. The first-order valence-electron chi connectivity index (χ1n) is 6.36. The molecule has 18 heavy (non-hydrogen) atoms. The van der Waals surface area contributed by atoms with Crippen LogP contribution in [0.25, 0.3) is 0 Å². The van der Waals surface area contributed by atoms with Crippen molar-refractivity contribution in [2.75, 3.05) is 5.32 Å². The van der Waals surface area contributed by atoms with Crippen molar-refractivity contribution in [1.29, 1.82) is 0 Å². The van der Waals surface area contributed by atoms with Crippen LogP contribution in [0.15, 0.2) is 29.2 Å². The van der Waals surface area contributed by atoms with Crippen molar-refractivity contribution in [2.45, 2.75) is 43.5 Å². The smallest absolute Gasteiger partial charge is 0.238 e. The van der Waals surface area contributed by atoms with Gasteiger partial charge in [0.2, 0.25) is 10.0 Å². The van der Waals surface area contributed by atoms with Crippen molar-refractivity contribution in [2.24, 2.45) is 11.1 Å². The van der Waals surface area contributed by atoms with Crippen molar-refractivity contribution in [3.63, 3.8) is 0 Å². The fourth-order valence-corrected chi connectivity index (χ4v) is 3.09. The number of primary sulfonamides is 1. The second-order valence-electron chi connectivity index (χ2n) is 5.05. The molecular weight excluding hydrogens is 248 g/mol. The fraction of sp³-hybridized carbons (Fsp3) is 0.538. The summed E-state index contributed by atoms with van der Waals surface area (Å²) in [5, 5.41) is 8.49. The van der Waals surface area contributed by atoms with Gasteiger partial charge in [-0.1, -0.05) is 12.8 Å². The molecule has 100 valence electrons. The van der Waals surface area contributed by atoms with Gasteiger partial charge in [0.25, 0.3) is 0 Å². The lowest BCUT2D eigenvalue weighted by Crippen LogP contribution is -2.23. The van der Waals surface area contributed by atoms with E-state index in [4.69, 9.17) is 5.14 Å². The highest BCUT2D eigenvalue weighted by atomic mass is 32.2. The van der Waals surface area contributed by atoms with Gasteiger partial charge in [0.1, 0.15) is 0 Å². The van der Waals surface area contributed by atoms with Crippen LogP contribution in [-0.4, -0.2) is 14.5 Å². The number of nitrogens with one attached hydrogen (secondary N) is 1.